The predicted octanol–water partition coefficient (Wildman–Crippen LogP) is 4.57. The number of carbonyl (C=O) groups is 2. The number of benzene rings is 2. The number of carboxylic acids is 1. The van der Waals surface area contributed by atoms with Crippen molar-refractivity contribution in [1.82, 2.24) is 5.32 Å². The lowest BCUT2D eigenvalue weighted by Crippen LogP contribution is -2.47. The van der Waals surface area contributed by atoms with Gasteiger partial charge in [-0.3, -0.25) is 9.59 Å². The van der Waals surface area contributed by atoms with Crippen molar-refractivity contribution in [2.24, 2.45) is 11.8 Å². The molecule has 3 heterocycles. The van der Waals surface area contributed by atoms with Crippen LogP contribution in [0.25, 0.3) is 0 Å². The van der Waals surface area contributed by atoms with Gasteiger partial charge in [0.2, 0.25) is 5.91 Å². The van der Waals surface area contributed by atoms with Gasteiger partial charge in [0, 0.05) is 29.7 Å². The highest BCUT2D eigenvalue weighted by Gasteiger charge is 2.49. The fraction of sp³-hybridized carbons (Fsp3) is 0.500. The Bertz CT molecular complexity index is 1320. The summed E-state index contributed by atoms with van der Waals surface area (Å²) in [6.07, 6.45) is -0.879. The van der Waals surface area contributed by atoms with Crippen molar-refractivity contribution in [3.63, 3.8) is 0 Å². The lowest BCUT2D eigenvalue weighted by molar-refractivity contribution is -0.286. The number of rotatable bonds is 5. The summed E-state index contributed by atoms with van der Waals surface area (Å²) in [7, 11) is 1.56. The molecule has 2 aromatic rings. The van der Waals surface area contributed by atoms with E-state index < -0.39 is 23.7 Å². The number of halogens is 2. The first-order chi connectivity index (χ1) is 18.6. The van der Waals surface area contributed by atoms with Crippen molar-refractivity contribution in [2.45, 2.75) is 62.9 Å². The number of aliphatic carboxylic acids is 1. The fourth-order valence-electron chi connectivity index (χ4n) is 6.10. The van der Waals surface area contributed by atoms with E-state index >= 15 is 0 Å². The number of carbonyl (C=O) groups excluding carboxylic acids is 1. The second kappa shape index (κ2) is 9.17. The van der Waals surface area contributed by atoms with Crippen LogP contribution < -0.4 is 29.0 Å². The minimum Gasteiger partial charge on any atom is -0.497 e. The minimum absolute atomic E-state index is 0.0226. The van der Waals surface area contributed by atoms with Gasteiger partial charge in [-0.2, -0.15) is 0 Å². The molecule has 208 valence electrons. The van der Waals surface area contributed by atoms with E-state index in [1.54, 1.807) is 26.2 Å². The average molecular weight is 546 g/mol. The Kier molecular flexibility index (Phi) is 6.00. The lowest BCUT2D eigenvalue weighted by atomic mass is 9.76. The van der Waals surface area contributed by atoms with E-state index in [1.165, 1.54) is 12.1 Å². The van der Waals surface area contributed by atoms with Crippen LogP contribution in [0.15, 0.2) is 30.3 Å². The van der Waals surface area contributed by atoms with Gasteiger partial charge in [0.05, 0.1) is 19.1 Å². The third-order valence-electron chi connectivity index (χ3n) is 8.41. The van der Waals surface area contributed by atoms with E-state index in [4.69, 9.17) is 14.2 Å². The molecule has 3 atom stereocenters. The number of methoxy groups -OCH3 is 1. The van der Waals surface area contributed by atoms with Crippen LogP contribution in [0.1, 0.15) is 56.2 Å². The monoisotopic (exact) mass is 545 g/mol. The third-order valence-corrected chi connectivity index (χ3v) is 8.41. The van der Waals surface area contributed by atoms with Crippen LogP contribution in [0.2, 0.25) is 0 Å². The Balaban J connectivity index is 1.25. The Morgan fingerprint density at radius 1 is 1.03 bits per heavy atom. The van der Waals surface area contributed by atoms with Gasteiger partial charge in [-0.15, -0.1) is 8.78 Å². The van der Waals surface area contributed by atoms with Crippen molar-refractivity contribution in [3.8, 4) is 28.7 Å². The SMILES string of the molecule is COc1ccc2c(c1)O[C@H](C1CCC(C(=O)O)CC1)C[C@@H]2NC(=O)[C@@]1(C)COc2cc3c(cc21)OC(F)(F)O3. The Hall–Kier alpha value is -3.76. The molecule has 3 aliphatic heterocycles. The zero-order valence-electron chi connectivity index (χ0n) is 21.5. The standard InChI is InChI=1S/C28H29F2NO8/c1-27(13-36-22-12-24-23(10-18(22)27)38-28(29,30)39-24)26(34)31-19-11-20(14-3-5-15(6-4-14)25(32)33)37-21-9-16(35-2)7-8-17(19)21/h7-10,12,14-15,19-20H,3-6,11,13H2,1-2H3,(H,31,34)(H,32,33)/t14?,15?,19-,20-,27-/m0/s1. The number of ether oxygens (including phenoxy) is 5. The number of alkyl halides is 2. The van der Waals surface area contributed by atoms with E-state index in [0.717, 1.165) is 18.4 Å². The Morgan fingerprint density at radius 3 is 2.44 bits per heavy atom. The van der Waals surface area contributed by atoms with Crippen LogP contribution in [0.3, 0.4) is 0 Å². The van der Waals surface area contributed by atoms with E-state index in [9.17, 15) is 23.5 Å². The zero-order valence-corrected chi connectivity index (χ0v) is 21.5. The lowest BCUT2D eigenvalue weighted by Gasteiger charge is -2.39. The van der Waals surface area contributed by atoms with Crippen molar-refractivity contribution in [3.05, 3.63) is 41.5 Å². The molecule has 1 amide bonds. The summed E-state index contributed by atoms with van der Waals surface area (Å²) >= 11 is 0. The van der Waals surface area contributed by atoms with Crippen molar-refractivity contribution >= 4 is 11.9 Å². The molecule has 0 radical (unpaired) electrons. The number of amides is 1. The molecule has 6 rings (SSSR count). The van der Waals surface area contributed by atoms with Gasteiger partial charge in [-0.25, -0.2) is 0 Å². The van der Waals surface area contributed by atoms with Crippen molar-refractivity contribution in [2.75, 3.05) is 13.7 Å². The summed E-state index contributed by atoms with van der Waals surface area (Å²) < 4.78 is 53.9. The van der Waals surface area contributed by atoms with E-state index in [1.807, 2.05) is 6.07 Å². The summed E-state index contributed by atoms with van der Waals surface area (Å²) in [6.45, 7) is 1.72. The molecule has 2 N–H and O–H groups in total. The van der Waals surface area contributed by atoms with Gasteiger partial charge >= 0.3 is 12.3 Å². The van der Waals surface area contributed by atoms with Gasteiger partial charge in [-0.1, -0.05) is 0 Å². The highest BCUT2D eigenvalue weighted by molar-refractivity contribution is 5.90. The zero-order chi connectivity index (χ0) is 27.5. The molecule has 0 bridgehead atoms. The smallest absolute Gasteiger partial charge is 0.497 e. The normalized spacial score (nSPS) is 29.8. The molecule has 0 aromatic heterocycles. The van der Waals surface area contributed by atoms with Crippen molar-refractivity contribution in [1.29, 1.82) is 0 Å². The van der Waals surface area contributed by atoms with Gasteiger partial charge in [-0.05, 0) is 56.7 Å². The van der Waals surface area contributed by atoms with Gasteiger partial charge in [0.1, 0.15) is 35.4 Å². The summed E-state index contributed by atoms with van der Waals surface area (Å²) in [5.41, 5.74) is 0.0734. The Labute approximate surface area is 223 Å². The average Bonchev–Trinajstić information content (AvgIpc) is 3.41. The second-order valence-corrected chi connectivity index (χ2v) is 10.9. The molecule has 1 fully saturated rings. The number of nitrogens with one attached hydrogen (secondary N) is 1. The molecular weight excluding hydrogens is 516 g/mol. The van der Waals surface area contributed by atoms with Gasteiger partial charge in [0.15, 0.2) is 11.5 Å². The van der Waals surface area contributed by atoms with E-state index in [-0.39, 0.29) is 47.7 Å². The third kappa shape index (κ3) is 4.47. The molecule has 4 aliphatic rings. The van der Waals surface area contributed by atoms with E-state index in [0.29, 0.717) is 36.3 Å². The minimum atomic E-state index is -3.78. The molecule has 0 unspecified atom stereocenters. The summed E-state index contributed by atoms with van der Waals surface area (Å²) in [5, 5.41) is 12.5. The molecule has 9 nitrogen and oxygen atoms in total. The van der Waals surface area contributed by atoms with Crippen LogP contribution in [0.4, 0.5) is 8.78 Å². The number of hydrogen-bond donors (Lipinski definition) is 2. The molecule has 39 heavy (non-hydrogen) atoms. The topological polar surface area (TPSA) is 113 Å². The van der Waals surface area contributed by atoms with Crippen LogP contribution in [0, 0.1) is 11.8 Å². The summed E-state index contributed by atoms with van der Waals surface area (Å²) in [6, 6.07) is 7.76. The number of fused-ring (bicyclic) bond motifs is 3. The second-order valence-electron chi connectivity index (χ2n) is 10.9. The first kappa shape index (κ1) is 25.5. The molecule has 2 aromatic carbocycles. The molecule has 11 heteroatoms. The van der Waals surface area contributed by atoms with E-state index in [2.05, 4.69) is 14.8 Å². The quantitative estimate of drug-likeness (QED) is 0.562. The molecule has 0 spiro atoms. The predicted molar refractivity (Wildman–Crippen MR) is 131 cm³/mol. The highest BCUT2D eigenvalue weighted by atomic mass is 19.3. The molecule has 0 saturated heterocycles. The number of carboxylic acid groups (broad SMARTS) is 1. The first-order valence-electron chi connectivity index (χ1n) is 13.0. The van der Waals surface area contributed by atoms with Gasteiger partial charge < -0.3 is 34.1 Å². The molecule has 1 saturated carbocycles. The van der Waals surface area contributed by atoms with Gasteiger partial charge in [0.25, 0.3) is 0 Å². The van der Waals surface area contributed by atoms with Crippen LogP contribution in [-0.4, -0.2) is 43.1 Å². The van der Waals surface area contributed by atoms with Crippen molar-refractivity contribution < 1.29 is 47.2 Å². The largest absolute Gasteiger partial charge is 0.586 e. The first-order valence-corrected chi connectivity index (χ1v) is 13.0. The Morgan fingerprint density at radius 2 is 1.74 bits per heavy atom. The molecular formula is C28H29F2NO8. The molecule has 1 aliphatic carbocycles. The summed E-state index contributed by atoms with van der Waals surface area (Å²) in [5.74, 6) is -0.0662. The van der Waals surface area contributed by atoms with Crippen LogP contribution in [0.5, 0.6) is 28.7 Å². The number of hydrogen-bond acceptors (Lipinski definition) is 7. The van der Waals surface area contributed by atoms with Crippen LogP contribution >= 0.6 is 0 Å². The fourth-order valence-corrected chi connectivity index (χ4v) is 6.10. The maximum atomic E-state index is 13.8. The maximum Gasteiger partial charge on any atom is 0.586 e. The summed E-state index contributed by atoms with van der Waals surface area (Å²) in [4.78, 5) is 25.2. The van der Waals surface area contributed by atoms with Crippen LogP contribution in [-0.2, 0) is 15.0 Å². The maximum absolute atomic E-state index is 13.8. The highest BCUT2D eigenvalue weighted by Crippen LogP contribution is 2.50.